The third-order valence-corrected chi connectivity index (χ3v) is 7.39. The lowest BCUT2D eigenvalue weighted by Gasteiger charge is -2.34. The first-order chi connectivity index (χ1) is 8.91. The van der Waals surface area contributed by atoms with Gasteiger partial charge in [-0.15, -0.1) is 0 Å². The Bertz CT molecular complexity index is 472. The van der Waals surface area contributed by atoms with Gasteiger partial charge in [-0.1, -0.05) is 13.8 Å². The van der Waals surface area contributed by atoms with Gasteiger partial charge in [0.1, 0.15) is 11.6 Å². The van der Waals surface area contributed by atoms with E-state index in [1.54, 1.807) is 23.5 Å². The molecule has 1 nitrogen and oxygen atoms in total. The van der Waals surface area contributed by atoms with Crippen molar-refractivity contribution in [3.05, 3.63) is 33.8 Å². The van der Waals surface area contributed by atoms with Crippen LogP contribution in [0.4, 0.5) is 8.78 Å². The monoisotopic (exact) mass is 368 g/mol. The van der Waals surface area contributed by atoms with Gasteiger partial charge in [-0.25, -0.2) is 8.78 Å². The molecule has 0 bridgehead atoms. The van der Waals surface area contributed by atoms with Gasteiger partial charge in [-0.3, -0.25) is 0 Å². The lowest BCUT2D eigenvalue weighted by Crippen LogP contribution is -2.31. The van der Waals surface area contributed by atoms with E-state index in [2.05, 4.69) is 29.8 Å². The number of aliphatic hydroxyl groups is 1. The highest BCUT2D eigenvalue weighted by molar-refractivity contribution is 9.10. The first kappa shape index (κ1) is 15.6. The summed E-state index contributed by atoms with van der Waals surface area (Å²) in [5.41, 5.74) is -0.228. The van der Waals surface area contributed by atoms with Crippen molar-refractivity contribution < 1.29 is 13.9 Å². The smallest absolute Gasteiger partial charge is 0.146 e. The summed E-state index contributed by atoms with van der Waals surface area (Å²) in [4.78, 5) is 0. The van der Waals surface area contributed by atoms with Gasteiger partial charge in [0.05, 0.1) is 16.1 Å². The summed E-state index contributed by atoms with van der Waals surface area (Å²) in [5.74, 6) is -0.697. The van der Waals surface area contributed by atoms with Crippen molar-refractivity contribution in [2.45, 2.75) is 35.7 Å². The predicted molar refractivity (Wildman–Crippen MR) is 81.8 cm³/mol. The van der Waals surface area contributed by atoms with Crippen molar-refractivity contribution in [1.29, 1.82) is 0 Å². The van der Waals surface area contributed by atoms with Gasteiger partial charge in [0.15, 0.2) is 0 Å². The van der Waals surface area contributed by atoms with E-state index in [4.69, 9.17) is 0 Å². The van der Waals surface area contributed by atoms with Gasteiger partial charge >= 0.3 is 0 Å². The molecule has 1 aliphatic heterocycles. The number of halogens is 3. The van der Waals surface area contributed by atoms with Crippen LogP contribution in [0.2, 0.25) is 0 Å². The molecule has 1 fully saturated rings. The molecule has 1 aliphatic rings. The molecule has 1 aromatic carbocycles. The minimum absolute atomic E-state index is 0.179. The van der Waals surface area contributed by atoms with Crippen molar-refractivity contribution in [2.75, 3.05) is 5.75 Å². The standard InChI is InChI=1S/C13H15BrF2OS2/c1-6-7(2)19-10(5-18-6)13(17)11-9(15)4-3-8(14)12(11)16/h3-4,6-7,10,13,17H,5H2,1-2H3. The van der Waals surface area contributed by atoms with Gasteiger partial charge in [0, 0.05) is 21.5 Å². The van der Waals surface area contributed by atoms with Crippen molar-refractivity contribution >= 4 is 39.5 Å². The highest BCUT2D eigenvalue weighted by Crippen LogP contribution is 2.42. The number of thioether (sulfide) groups is 2. The van der Waals surface area contributed by atoms with E-state index in [0.717, 1.165) is 0 Å². The molecule has 0 radical (unpaired) electrons. The first-order valence-corrected chi connectivity index (χ1v) is 8.78. The van der Waals surface area contributed by atoms with Crippen molar-refractivity contribution in [1.82, 2.24) is 0 Å². The van der Waals surface area contributed by atoms with E-state index in [9.17, 15) is 13.9 Å². The zero-order valence-electron chi connectivity index (χ0n) is 10.6. The number of benzene rings is 1. The minimum atomic E-state index is -1.12. The van der Waals surface area contributed by atoms with E-state index in [0.29, 0.717) is 16.3 Å². The second-order valence-corrected chi connectivity index (χ2v) is 8.51. The zero-order valence-corrected chi connectivity index (χ0v) is 13.8. The van der Waals surface area contributed by atoms with E-state index in [1.807, 2.05) is 0 Å². The molecule has 1 aromatic rings. The Hall–Kier alpha value is 0.220. The molecule has 4 unspecified atom stereocenters. The Morgan fingerprint density at radius 2 is 2.00 bits per heavy atom. The molecule has 0 saturated carbocycles. The van der Waals surface area contributed by atoms with Crippen LogP contribution in [0.15, 0.2) is 16.6 Å². The van der Waals surface area contributed by atoms with Crippen molar-refractivity contribution in [3.63, 3.8) is 0 Å². The van der Waals surface area contributed by atoms with E-state index < -0.39 is 17.7 Å². The van der Waals surface area contributed by atoms with E-state index in [-0.39, 0.29) is 15.3 Å². The summed E-state index contributed by atoms with van der Waals surface area (Å²) < 4.78 is 27.9. The van der Waals surface area contributed by atoms with Crippen LogP contribution in [0.5, 0.6) is 0 Å². The quantitative estimate of drug-likeness (QED) is 0.781. The molecule has 1 N–H and O–H groups in total. The molecule has 0 spiro atoms. The number of hydrogen-bond acceptors (Lipinski definition) is 3. The van der Waals surface area contributed by atoms with Crippen LogP contribution in [0.25, 0.3) is 0 Å². The minimum Gasteiger partial charge on any atom is -0.387 e. The molecule has 2 rings (SSSR count). The summed E-state index contributed by atoms with van der Waals surface area (Å²) in [7, 11) is 0. The lowest BCUT2D eigenvalue weighted by atomic mass is 10.1. The maximum atomic E-state index is 14.0. The lowest BCUT2D eigenvalue weighted by molar-refractivity contribution is 0.170. The fraction of sp³-hybridized carbons (Fsp3) is 0.538. The van der Waals surface area contributed by atoms with Gasteiger partial charge in [-0.2, -0.15) is 23.5 Å². The highest BCUT2D eigenvalue weighted by atomic mass is 79.9. The van der Waals surface area contributed by atoms with Crippen molar-refractivity contribution in [3.8, 4) is 0 Å². The highest BCUT2D eigenvalue weighted by Gasteiger charge is 2.34. The molecule has 1 heterocycles. The largest absolute Gasteiger partial charge is 0.387 e. The third-order valence-electron chi connectivity index (χ3n) is 3.30. The van der Waals surface area contributed by atoms with Crippen LogP contribution in [-0.4, -0.2) is 26.6 Å². The maximum Gasteiger partial charge on any atom is 0.146 e. The molecular formula is C13H15BrF2OS2. The number of rotatable bonds is 2. The summed E-state index contributed by atoms with van der Waals surface area (Å²) in [6, 6.07) is 2.49. The fourth-order valence-electron chi connectivity index (χ4n) is 1.97. The third kappa shape index (κ3) is 3.28. The van der Waals surface area contributed by atoms with Crippen LogP contribution in [0, 0.1) is 11.6 Å². The van der Waals surface area contributed by atoms with Crippen molar-refractivity contribution in [2.24, 2.45) is 0 Å². The summed E-state index contributed by atoms with van der Waals surface area (Å²) >= 11 is 6.37. The fourth-order valence-corrected chi connectivity index (χ4v) is 5.30. The predicted octanol–water partition coefficient (Wildman–Crippen LogP) is 4.39. The summed E-state index contributed by atoms with van der Waals surface area (Å²) in [6.07, 6.45) is -1.12. The molecule has 1 saturated heterocycles. The van der Waals surface area contributed by atoms with Crippen LogP contribution >= 0.6 is 39.5 Å². The average Bonchev–Trinajstić information content (AvgIpc) is 2.37. The second-order valence-electron chi connectivity index (χ2n) is 4.62. The number of aliphatic hydroxyl groups excluding tert-OH is 1. The Morgan fingerprint density at radius 1 is 1.32 bits per heavy atom. The van der Waals surface area contributed by atoms with Gasteiger partial charge < -0.3 is 5.11 Å². The van der Waals surface area contributed by atoms with Gasteiger partial charge in [0.2, 0.25) is 0 Å². The van der Waals surface area contributed by atoms with E-state index >= 15 is 0 Å². The topological polar surface area (TPSA) is 20.2 Å². The van der Waals surface area contributed by atoms with Gasteiger partial charge in [0.25, 0.3) is 0 Å². The van der Waals surface area contributed by atoms with Gasteiger partial charge in [-0.05, 0) is 28.1 Å². The molecule has 19 heavy (non-hydrogen) atoms. The maximum absolute atomic E-state index is 14.0. The molecule has 4 atom stereocenters. The Balaban J connectivity index is 2.25. The molecule has 106 valence electrons. The van der Waals surface area contributed by atoms with E-state index in [1.165, 1.54) is 12.1 Å². The molecule has 6 heteroatoms. The zero-order chi connectivity index (χ0) is 14.2. The molecule has 0 amide bonds. The summed E-state index contributed by atoms with van der Waals surface area (Å²) in [5, 5.41) is 11.0. The Labute approximate surface area is 128 Å². The molecular weight excluding hydrogens is 354 g/mol. The summed E-state index contributed by atoms with van der Waals surface area (Å²) in [6.45, 7) is 4.21. The SMILES string of the molecule is CC1SCC(C(O)c2c(F)ccc(Br)c2F)SC1C. The Morgan fingerprint density at radius 3 is 2.63 bits per heavy atom. The van der Waals surface area contributed by atoms with Crippen LogP contribution < -0.4 is 0 Å². The Kier molecular flexibility index (Phi) is 5.20. The van der Waals surface area contributed by atoms with Crippen LogP contribution in [0.3, 0.4) is 0 Å². The molecule has 0 aliphatic carbocycles. The second kappa shape index (κ2) is 6.33. The molecule has 0 aromatic heterocycles. The normalized spacial score (nSPS) is 29.3. The average molecular weight is 369 g/mol. The van der Waals surface area contributed by atoms with Crippen LogP contribution in [0.1, 0.15) is 25.5 Å². The van der Waals surface area contributed by atoms with Crippen LogP contribution in [-0.2, 0) is 0 Å². The first-order valence-electron chi connectivity index (χ1n) is 6.00. The number of hydrogen-bond donors (Lipinski definition) is 1.